The Bertz CT molecular complexity index is 1410. The molecule has 3 aromatic rings. The van der Waals surface area contributed by atoms with Gasteiger partial charge in [-0.2, -0.15) is 0 Å². The standard InChI is InChI=1S/C23H24N6O7S/c1-36-23-9-6-18(15-24-23)25-37(34,35)19-7-8-21(22(14-19)29(32)33)27-12-10-26(11-13-27)16-17-4-2-3-5-20(17)28(30)31/h2-9,14-15,25H,10-13,16H2,1H3. The summed E-state index contributed by atoms with van der Waals surface area (Å²) in [7, 11) is -2.68. The van der Waals surface area contributed by atoms with Crippen molar-refractivity contribution in [1.82, 2.24) is 9.88 Å². The molecule has 194 valence electrons. The molecule has 1 aliphatic rings. The van der Waals surface area contributed by atoms with Gasteiger partial charge in [-0.05, 0) is 18.2 Å². The van der Waals surface area contributed by atoms with Crippen LogP contribution in [0.15, 0.2) is 65.7 Å². The fourth-order valence-electron chi connectivity index (χ4n) is 4.07. The number of nitro benzene ring substituents is 2. The van der Waals surface area contributed by atoms with Crippen LogP contribution in [0.1, 0.15) is 5.56 Å². The molecule has 1 N–H and O–H groups in total. The SMILES string of the molecule is COc1ccc(NS(=O)(=O)c2ccc(N3CCN(Cc4ccccc4[N+](=O)[O-])CC3)c([N+](=O)[O-])c2)cn1. The van der Waals surface area contributed by atoms with Crippen LogP contribution in [0.5, 0.6) is 5.88 Å². The zero-order valence-corrected chi connectivity index (χ0v) is 20.6. The number of ether oxygens (including phenoxy) is 1. The fourth-order valence-corrected chi connectivity index (χ4v) is 5.13. The minimum absolute atomic E-state index is 0.0522. The number of benzene rings is 2. The molecule has 0 radical (unpaired) electrons. The van der Waals surface area contributed by atoms with Crippen LogP contribution in [0.3, 0.4) is 0 Å². The molecule has 0 bridgehead atoms. The molecule has 1 fully saturated rings. The van der Waals surface area contributed by atoms with Gasteiger partial charge in [-0.15, -0.1) is 0 Å². The van der Waals surface area contributed by atoms with Crippen molar-refractivity contribution in [3.8, 4) is 5.88 Å². The molecule has 2 heterocycles. The Hall–Kier alpha value is -4.30. The monoisotopic (exact) mass is 528 g/mol. The van der Waals surface area contributed by atoms with E-state index in [1.165, 1.54) is 43.6 Å². The molecule has 37 heavy (non-hydrogen) atoms. The zero-order chi connectivity index (χ0) is 26.6. The first-order valence-corrected chi connectivity index (χ1v) is 12.7. The number of hydrogen-bond donors (Lipinski definition) is 1. The van der Waals surface area contributed by atoms with E-state index in [-0.39, 0.29) is 22.0 Å². The smallest absolute Gasteiger partial charge is 0.293 e. The maximum Gasteiger partial charge on any atom is 0.293 e. The molecule has 1 aliphatic heterocycles. The van der Waals surface area contributed by atoms with Gasteiger partial charge in [0.2, 0.25) is 5.88 Å². The van der Waals surface area contributed by atoms with E-state index in [9.17, 15) is 28.6 Å². The third-order valence-corrected chi connectivity index (χ3v) is 7.33. The van der Waals surface area contributed by atoms with E-state index in [1.54, 1.807) is 18.2 Å². The largest absolute Gasteiger partial charge is 0.481 e. The summed E-state index contributed by atoms with van der Waals surface area (Å²) >= 11 is 0. The molecule has 2 aromatic carbocycles. The van der Waals surface area contributed by atoms with Crippen molar-refractivity contribution < 1.29 is 23.0 Å². The Morgan fingerprint density at radius 1 is 0.973 bits per heavy atom. The highest BCUT2D eigenvalue weighted by Gasteiger charge is 2.27. The van der Waals surface area contributed by atoms with Crippen molar-refractivity contribution in [3.63, 3.8) is 0 Å². The van der Waals surface area contributed by atoms with Gasteiger partial charge in [0.05, 0.1) is 33.7 Å². The number of nitro groups is 2. The lowest BCUT2D eigenvalue weighted by Crippen LogP contribution is -2.46. The minimum atomic E-state index is -4.11. The van der Waals surface area contributed by atoms with Gasteiger partial charge in [0.25, 0.3) is 21.4 Å². The fraction of sp³-hybridized carbons (Fsp3) is 0.261. The van der Waals surface area contributed by atoms with Crippen molar-refractivity contribution in [2.45, 2.75) is 11.4 Å². The molecule has 0 saturated carbocycles. The predicted octanol–water partition coefficient (Wildman–Crippen LogP) is 3.03. The Labute approximate surface area is 212 Å². The molecule has 0 unspecified atom stereocenters. The number of aromatic nitrogens is 1. The summed E-state index contributed by atoms with van der Waals surface area (Å²) in [6.07, 6.45) is 1.28. The lowest BCUT2D eigenvalue weighted by Gasteiger charge is -2.35. The lowest BCUT2D eigenvalue weighted by molar-refractivity contribution is -0.385. The van der Waals surface area contributed by atoms with Crippen LogP contribution < -0.4 is 14.4 Å². The van der Waals surface area contributed by atoms with Gasteiger partial charge in [-0.25, -0.2) is 13.4 Å². The second-order valence-electron chi connectivity index (χ2n) is 8.25. The molecule has 0 atom stereocenters. The maximum absolute atomic E-state index is 12.8. The first-order chi connectivity index (χ1) is 17.7. The highest BCUT2D eigenvalue weighted by atomic mass is 32.2. The number of sulfonamides is 1. The summed E-state index contributed by atoms with van der Waals surface area (Å²) in [5, 5.41) is 23.1. The second-order valence-corrected chi connectivity index (χ2v) is 9.93. The number of nitrogens with zero attached hydrogens (tertiary/aromatic N) is 5. The van der Waals surface area contributed by atoms with E-state index in [2.05, 4.69) is 9.71 Å². The summed E-state index contributed by atoms with van der Waals surface area (Å²) in [5.74, 6) is 0.310. The van der Waals surface area contributed by atoms with Gasteiger partial charge >= 0.3 is 0 Å². The van der Waals surface area contributed by atoms with Crippen LogP contribution in [0.25, 0.3) is 0 Å². The Morgan fingerprint density at radius 2 is 1.68 bits per heavy atom. The highest BCUT2D eigenvalue weighted by molar-refractivity contribution is 7.92. The number of nitrogens with one attached hydrogen (secondary N) is 1. The van der Waals surface area contributed by atoms with E-state index >= 15 is 0 Å². The van der Waals surface area contributed by atoms with Gasteiger partial charge in [0, 0.05) is 56.5 Å². The normalized spacial score (nSPS) is 14.2. The topological polar surface area (TPSA) is 161 Å². The first-order valence-electron chi connectivity index (χ1n) is 11.2. The Kier molecular flexibility index (Phi) is 7.50. The summed E-state index contributed by atoms with van der Waals surface area (Å²) in [4.78, 5) is 29.6. The highest BCUT2D eigenvalue weighted by Crippen LogP contribution is 2.32. The number of piperazine rings is 1. The zero-order valence-electron chi connectivity index (χ0n) is 19.8. The Balaban J connectivity index is 1.48. The van der Waals surface area contributed by atoms with Gasteiger partial charge < -0.3 is 9.64 Å². The summed E-state index contributed by atoms with van der Waals surface area (Å²) in [5.41, 5.74) is 0.808. The molecule has 13 nitrogen and oxygen atoms in total. The second kappa shape index (κ2) is 10.8. The molecule has 1 aromatic heterocycles. The van der Waals surface area contributed by atoms with E-state index in [1.807, 2.05) is 9.80 Å². The minimum Gasteiger partial charge on any atom is -0.481 e. The van der Waals surface area contributed by atoms with E-state index in [0.717, 1.165) is 6.07 Å². The molecular weight excluding hydrogens is 504 g/mol. The third-order valence-electron chi connectivity index (χ3n) is 5.95. The summed E-state index contributed by atoms with van der Waals surface area (Å²) in [6, 6.07) is 13.3. The molecular formula is C23H24N6O7S. The molecule has 14 heteroatoms. The number of para-hydroxylation sites is 1. The van der Waals surface area contributed by atoms with Crippen LogP contribution >= 0.6 is 0 Å². The number of anilines is 2. The maximum atomic E-state index is 12.8. The molecule has 0 spiro atoms. The van der Waals surface area contributed by atoms with E-state index < -0.39 is 19.9 Å². The molecule has 1 saturated heterocycles. The van der Waals surface area contributed by atoms with Crippen molar-refractivity contribution in [3.05, 3.63) is 86.6 Å². The van der Waals surface area contributed by atoms with Gasteiger partial charge in [0.1, 0.15) is 5.69 Å². The van der Waals surface area contributed by atoms with E-state index in [0.29, 0.717) is 49.9 Å². The number of methoxy groups -OCH3 is 1. The molecule has 4 rings (SSSR count). The number of pyridine rings is 1. The average Bonchev–Trinajstić information content (AvgIpc) is 2.89. The predicted molar refractivity (Wildman–Crippen MR) is 135 cm³/mol. The third kappa shape index (κ3) is 5.92. The summed E-state index contributed by atoms with van der Waals surface area (Å²) < 4.78 is 33.0. The van der Waals surface area contributed by atoms with Crippen molar-refractivity contribution in [1.29, 1.82) is 0 Å². The van der Waals surface area contributed by atoms with Crippen LogP contribution in [0.4, 0.5) is 22.7 Å². The van der Waals surface area contributed by atoms with Gasteiger partial charge in [-0.3, -0.25) is 29.9 Å². The lowest BCUT2D eigenvalue weighted by atomic mass is 10.1. The molecule has 0 amide bonds. The van der Waals surface area contributed by atoms with Crippen LogP contribution in [0, 0.1) is 20.2 Å². The first kappa shape index (κ1) is 25.8. The Morgan fingerprint density at radius 3 is 2.30 bits per heavy atom. The van der Waals surface area contributed by atoms with Crippen LogP contribution in [-0.2, 0) is 16.6 Å². The van der Waals surface area contributed by atoms with Gasteiger partial charge in [-0.1, -0.05) is 18.2 Å². The summed E-state index contributed by atoms with van der Waals surface area (Å²) in [6.45, 7) is 2.30. The van der Waals surface area contributed by atoms with E-state index in [4.69, 9.17) is 4.74 Å². The van der Waals surface area contributed by atoms with Crippen molar-refractivity contribution in [2.75, 3.05) is 42.9 Å². The van der Waals surface area contributed by atoms with Gasteiger partial charge in [0.15, 0.2) is 0 Å². The van der Waals surface area contributed by atoms with Crippen molar-refractivity contribution in [2.24, 2.45) is 0 Å². The van der Waals surface area contributed by atoms with Crippen LogP contribution in [0.2, 0.25) is 0 Å². The molecule has 0 aliphatic carbocycles. The van der Waals surface area contributed by atoms with Crippen LogP contribution in [-0.4, -0.2) is 61.4 Å². The number of rotatable bonds is 9. The number of hydrogen-bond acceptors (Lipinski definition) is 10. The van der Waals surface area contributed by atoms with Crippen molar-refractivity contribution >= 4 is 32.8 Å². The average molecular weight is 529 g/mol. The quantitative estimate of drug-likeness (QED) is 0.323.